The standard InChI is InChI=1S/C24H29BrN2O3/c1-24(2,3)18-10-11-21(20(25)15-18)30-16-22(28)26-19-9-7-8-17(14-19)23(29)27-12-5-4-6-13-27/h7-11,14-15H,4-6,12-13,16H2,1-3H3,(H,26,28). The first-order valence-electron chi connectivity index (χ1n) is 10.4. The zero-order valence-corrected chi connectivity index (χ0v) is 19.4. The molecule has 0 bridgehead atoms. The maximum absolute atomic E-state index is 12.7. The van der Waals surface area contributed by atoms with Crippen LogP contribution in [0, 0.1) is 0 Å². The third-order valence-corrected chi connectivity index (χ3v) is 5.81. The fourth-order valence-electron chi connectivity index (χ4n) is 3.43. The van der Waals surface area contributed by atoms with Gasteiger partial charge in [-0.3, -0.25) is 9.59 Å². The van der Waals surface area contributed by atoms with Crippen LogP contribution in [0.4, 0.5) is 5.69 Å². The van der Waals surface area contributed by atoms with Crippen molar-refractivity contribution in [2.45, 2.75) is 45.4 Å². The third kappa shape index (κ3) is 5.85. The van der Waals surface area contributed by atoms with Crippen molar-refractivity contribution in [3.8, 4) is 5.75 Å². The van der Waals surface area contributed by atoms with E-state index in [0.717, 1.165) is 30.4 Å². The van der Waals surface area contributed by atoms with Gasteiger partial charge in [-0.1, -0.05) is 32.9 Å². The number of hydrogen-bond donors (Lipinski definition) is 1. The maximum atomic E-state index is 12.7. The van der Waals surface area contributed by atoms with E-state index < -0.39 is 0 Å². The molecule has 1 aliphatic heterocycles. The Morgan fingerprint density at radius 2 is 1.80 bits per heavy atom. The van der Waals surface area contributed by atoms with Crippen molar-refractivity contribution in [3.63, 3.8) is 0 Å². The lowest BCUT2D eigenvalue weighted by molar-refractivity contribution is -0.118. The topological polar surface area (TPSA) is 58.6 Å². The summed E-state index contributed by atoms with van der Waals surface area (Å²) in [4.78, 5) is 26.9. The summed E-state index contributed by atoms with van der Waals surface area (Å²) in [6.45, 7) is 7.92. The summed E-state index contributed by atoms with van der Waals surface area (Å²) < 4.78 is 6.49. The summed E-state index contributed by atoms with van der Waals surface area (Å²) in [5.74, 6) is 0.362. The number of piperidine rings is 1. The largest absolute Gasteiger partial charge is 0.483 e. The van der Waals surface area contributed by atoms with Crippen LogP contribution in [0.5, 0.6) is 5.75 Å². The van der Waals surface area contributed by atoms with E-state index in [1.54, 1.807) is 24.3 Å². The zero-order valence-electron chi connectivity index (χ0n) is 17.8. The molecule has 1 N–H and O–H groups in total. The molecule has 30 heavy (non-hydrogen) atoms. The molecule has 0 aromatic heterocycles. The van der Waals surface area contributed by atoms with Gasteiger partial charge in [-0.15, -0.1) is 0 Å². The number of halogens is 1. The molecular weight excluding hydrogens is 444 g/mol. The number of nitrogens with zero attached hydrogens (tertiary/aromatic N) is 1. The highest BCUT2D eigenvalue weighted by molar-refractivity contribution is 9.10. The van der Waals surface area contributed by atoms with E-state index in [9.17, 15) is 9.59 Å². The number of hydrogen-bond acceptors (Lipinski definition) is 3. The number of carbonyl (C=O) groups is 2. The number of benzene rings is 2. The second-order valence-electron chi connectivity index (χ2n) is 8.67. The number of anilines is 1. The summed E-state index contributed by atoms with van der Waals surface area (Å²) >= 11 is 3.52. The summed E-state index contributed by atoms with van der Waals surface area (Å²) in [5, 5.41) is 2.82. The average molecular weight is 473 g/mol. The lowest BCUT2D eigenvalue weighted by Gasteiger charge is -2.26. The van der Waals surface area contributed by atoms with E-state index in [2.05, 4.69) is 42.0 Å². The SMILES string of the molecule is CC(C)(C)c1ccc(OCC(=O)Nc2cccc(C(=O)N3CCCCC3)c2)c(Br)c1. The smallest absolute Gasteiger partial charge is 0.262 e. The van der Waals surface area contributed by atoms with Crippen LogP contribution in [-0.2, 0) is 10.2 Å². The summed E-state index contributed by atoms with van der Waals surface area (Å²) in [5.41, 5.74) is 2.40. The van der Waals surface area contributed by atoms with E-state index in [4.69, 9.17) is 4.74 Å². The predicted octanol–water partition coefficient (Wildman–Crippen LogP) is 5.39. The Kier molecular flexibility index (Phi) is 7.19. The third-order valence-electron chi connectivity index (χ3n) is 5.19. The van der Waals surface area contributed by atoms with Crippen LogP contribution in [0.2, 0.25) is 0 Å². The highest BCUT2D eigenvalue weighted by Crippen LogP contribution is 2.31. The Hall–Kier alpha value is -2.34. The molecule has 2 aromatic carbocycles. The van der Waals surface area contributed by atoms with E-state index in [-0.39, 0.29) is 23.8 Å². The minimum Gasteiger partial charge on any atom is -0.483 e. The van der Waals surface area contributed by atoms with Gasteiger partial charge in [-0.25, -0.2) is 0 Å². The quantitative estimate of drug-likeness (QED) is 0.634. The van der Waals surface area contributed by atoms with Gasteiger partial charge in [0.2, 0.25) is 0 Å². The Labute approximate surface area is 186 Å². The highest BCUT2D eigenvalue weighted by Gasteiger charge is 2.19. The average Bonchev–Trinajstić information content (AvgIpc) is 2.72. The van der Waals surface area contributed by atoms with Gasteiger partial charge in [-0.05, 0) is 76.5 Å². The Balaban J connectivity index is 1.58. The summed E-state index contributed by atoms with van der Waals surface area (Å²) in [6.07, 6.45) is 3.27. The minimum atomic E-state index is -0.274. The molecular formula is C24H29BrN2O3. The predicted molar refractivity (Wildman–Crippen MR) is 123 cm³/mol. The Morgan fingerprint density at radius 3 is 2.47 bits per heavy atom. The Bertz CT molecular complexity index is 915. The number of carbonyl (C=O) groups excluding carboxylic acids is 2. The zero-order chi connectivity index (χ0) is 21.7. The lowest BCUT2D eigenvalue weighted by Crippen LogP contribution is -2.35. The molecule has 0 aliphatic carbocycles. The van der Waals surface area contributed by atoms with Gasteiger partial charge in [0, 0.05) is 24.3 Å². The second-order valence-corrected chi connectivity index (χ2v) is 9.52. The fraction of sp³-hybridized carbons (Fsp3) is 0.417. The molecule has 6 heteroatoms. The molecule has 0 radical (unpaired) electrons. The highest BCUT2D eigenvalue weighted by atomic mass is 79.9. The molecule has 1 aliphatic rings. The first-order valence-corrected chi connectivity index (χ1v) is 11.2. The summed E-state index contributed by atoms with van der Waals surface area (Å²) in [6, 6.07) is 13.0. The van der Waals surface area contributed by atoms with E-state index in [1.165, 1.54) is 12.0 Å². The number of amides is 2. The fourth-order valence-corrected chi connectivity index (χ4v) is 3.93. The van der Waals surface area contributed by atoms with Crippen LogP contribution in [0.15, 0.2) is 46.9 Å². The number of rotatable bonds is 5. The number of ether oxygens (including phenoxy) is 1. The van der Waals surface area contributed by atoms with Crippen LogP contribution in [0.1, 0.15) is 56.0 Å². The molecule has 1 fully saturated rings. The van der Waals surface area contributed by atoms with Crippen molar-refractivity contribution in [1.82, 2.24) is 4.90 Å². The van der Waals surface area contributed by atoms with Gasteiger partial charge in [0.15, 0.2) is 6.61 Å². The molecule has 0 spiro atoms. The van der Waals surface area contributed by atoms with Crippen LogP contribution in [-0.4, -0.2) is 36.4 Å². The van der Waals surface area contributed by atoms with E-state index >= 15 is 0 Å². The first kappa shape index (κ1) is 22.3. The van der Waals surface area contributed by atoms with Gasteiger partial charge in [-0.2, -0.15) is 0 Å². The van der Waals surface area contributed by atoms with Crippen molar-refractivity contribution in [1.29, 1.82) is 0 Å². The molecule has 0 saturated carbocycles. The van der Waals surface area contributed by atoms with Crippen molar-refractivity contribution in [3.05, 3.63) is 58.1 Å². The van der Waals surface area contributed by atoms with Crippen LogP contribution < -0.4 is 10.1 Å². The number of likely N-dealkylation sites (tertiary alicyclic amines) is 1. The van der Waals surface area contributed by atoms with Crippen molar-refractivity contribution in [2.24, 2.45) is 0 Å². The van der Waals surface area contributed by atoms with Crippen molar-refractivity contribution >= 4 is 33.4 Å². The lowest BCUT2D eigenvalue weighted by atomic mass is 9.87. The molecule has 5 nitrogen and oxygen atoms in total. The Morgan fingerprint density at radius 1 is 1.07 bits per heavy atom. The van der Waals surface area contributed by atoms with Crippen LogP contribution in [0.3, 0.4) is 0 Å². The number of nitrogens with one attached hydrogen (secondary N) is 1. The molecule has 160 valence electrons. The van der Waals surface area contributed by atoms with Gasteiger partial charge < -0.3 is 15.0 Å². The van der Waals surface area contributed by atoms with Gasteiger partial charge in [0.1, 0.15) is 5.75 Å². The van der Waals surface area contributed by atoms with Gasteiger partial charge in [0.25, 0.3) is 11.8 Å². The molecule has 3 rings (SSSR count). The monoisotopic (exact) mass is 472 g/mol. The summed E-state index contributed by atoms with van der Waals surface area (Å²) in [7, 11) is 0. The molecule has 1 heterocycles. The van der Waals surface area contributed by atoms with E-state index in [0.29, 0.717) is 17.0 Å². The van der Waals surface area contributed by atoms with Crippen molar-refractivity contribution < 1.29 is 14.3 Å². The normalized spacial score (nSPS) is 14.3. The van der Waals surface area contributed by atoms with Crippen LogP contribution in [0.25, 0.3) is 0 Å². The first-order chi connectivity index (χ1) is 14.2. The molecule has 0 atom stereocenters. The molecule has 0 unspecified atom stereocenters. The van der Waals surface area contributed by atoms with E-state index in [1.807, 2.05) is 23.1 Å². The van der Waals surface area contributed by atoms with Crippen LogP contribution >= 0.6 is 15.9 Å². The van der Waals surface area contributed by atoms with Gasteiger partial charge >= 0.3 is 0 Å². The molecule has 2 amide bonds. The van der Waals surface area contributed by atoms with Gasteiger partial charge in [0.05, 0.1) is 4.47 Å². The molecule has 2 aromatic rings. The maximum Gasteiger partial charge on any atom is 0.262 e. The molecule has 1 saturated heterocycles. The van der Waals surface area contributed by atoms with Crippen molar-refractivity contribution in [2.75, 3.05) is 25.0 Å². The minimum absolute atomic E-state index is 0.0184. The second kappa shape index (κ2) is 9.65.